The van der Waals surface area contributed by atoms with E-state index in [1.165, 1.54) is 11.3 Å². The molecule has 4 atom stereocenters. The van der Waals surface area contributed by atoms with E-state index >= 15 is 0 Å². The maximum atomic E-state index is 6.61. The second-order valence-corrected chi connectivity index (χ2v) is 11.0. The van der Waals surface area contributed by atoms with E-state index < -0.39 is 0 Å². The molecule has 5 aromatic rings. The van der Waals surface area contributed by atoms with Crippen molar-refractivity contribution >= 4 is 50.4 Å². The molecule has 4 aliphatic heterocycles. The van der Waals surface area contributed by atoms with Crippen molar-refractivity contribution in [3.63, 3.8) is 0 Å². The number of fused-ring (bicyclic) bond motifs is 16. The van der Waals surface area contributed by atoms with Gasteiger partial charge in [-0.25, -0.2) is 9.97 Å². The van der Waals surface area contributed by atoms with Crippen molar-refractivity contribution in [2.45, 2.75) is 18.2 Å². The van der Waals surface area contributed by atoms with E-state index in [1.807, 2.05) is 12.3 Å². The van der Waals surface area contributed by atoms with Crippen LogP contribution in [-0.2, 0) is 0 Å². The van der Waals surface area contributed by atoms with E-state index in [-0.39, 0.29) is 24.2 Å². The molecule has 6 heterocycles. The summed E-state index contributed by atoms with van der Waals surface area (Å²) in [6.45, 7) is 4.82. The van der Waals surface area contributed by atoms with Gasteiger partial charge in [-0.1, -0.05) is 49.0 Å². The third-order valence-electron chi connectivity index (χ3n) is 9.21. The Balaban J connectivity index is 1.36. The van der Waals surface area contributed by atoms with Crippen LogP contribution in [0.1, 0.15) is 17.0 Å². The molecule has 4 aliphatic rings. The Kier molecular flexibility index (Phi) is 3.91. The van der Waals surface area contributed by atoms with Gasteiger partial charge in [-0.2, -0.15) is 0 Å². The van der Waals surface area contributed by atoms with Crippen molar-refractivity contribution in [3.8, 4) is 0 Å². The highest BCUT2D eigenvalue weighted by atomic mass is 16.3. The highest BCUT2D eigenvalue weighted by Crippen LogP contribution is 2.60. The molecule has 0 bridgehead atoms. The number of furan rings is 1. The van der Waals surface area contributed by atoms with Crippen LogP contribution in [0, 0.1) is 5.92 Å². The molecule has 0 amide bonds. The third kappa shape index (κ3) is 2.48. The van der Waals surface area contributed by atoms with Crippen LogP contribution in [0.2, 0.25) is 0 Å². The Hall–Kier alpha value is -4.78. The molecule has 0 radical (unpaired) electrons. The smallest absolute Gasteiger partial charge is 0.161 e. The minimum atomic E-state index is 0.0312. The molecule has 3 aromatic carbocycles. The fourth-order valence-electron chi connectivity index (χ4n) is 7.64. The predicted octanol–water partition coefficient (Wildman–Crippen LogP) is 6.28. The second kappa shape index (κ2) is 7.20. The normalized spacial score (nSPS) is 24.4. The minimum absolute atomic E-state index is 0.0312. The van der Waals surface area contributed by atoms with Crippen molar-refractivity contribution in [2.75, 3.05) is 28.8 Å². The van der Waals surface area contributed by atoms with E-state index in [2.05, 4.69) is 106 Å². The lowest BCUT2D eigenvalue weighted by Crippen LogP contribution is -2.58. The molecule has 0 fully saturated rings. The van der Waals surface area contributed by atoms with Crippen molar-refractivity contribution in [1.82, 2.24) is 14.9 Å². The summed E-state index contributed by atoms with van der Waals surface area (Å²) >= 11 is 0. The molecule has 190 valence electrons. The first-order valence-electron chi connectivity index (χ1n) is 13.4. The molecule has 0 N–H and O–H groups in total. The number of aromatic nitrogens is 2. The van der Waals surface area contributed by atoms with Gasteiger partial charge >= 0.3 is 0 Å². The Morgan fingerprint density at radius 2 is 1.72 bits per heavy atom. The van der Waals surface area contributed by atoms with E-state index in [4.69, 9.17) is 16.0 Å². The predicted molar refractivity (Wildman–Crippen MR) is 155 cm³/mol. The highest BCUT2D eigenvalue weighted by Gasteiger charge is 2.56. The first-order valence-corrected chi connectivity index (χ1v) is 13.4. The number of hydrogen-bond donors (Lipinski definition) is 0. The molecule has 7 nitrogen and oxygen atoms in total. The Morgan fingerprint density at radius 3 is 2.64 bits per heavy atom. The molecule has 39 heavy (non-hydrogen) atoms. The summed E-state index contributed by atoms with van der Waals surface area (Å²) in [6, 6.07) is 21.5. The molecule has 2 aromatic heterocycles. The topological polar surface area (TPSA) is 51.9 Å². The maximum Gasteiger partial charge on any atom is 0.161 e. The van der Waals surface area contributed by atoms with Gasteiger partial charge in [0.2, 0.25) is 0 Å². The van der Waals surface area contributed by atoms with Crippen LogP contribution >= 0.6 is 0 Å². The van der Waals surface area contributed by atoms with Crippen LogP contribution in [0.3, 0.4) is 0 Å². The summed E-state index contributed by atoms with van der Waals surface area (Å²) in [6.07, 6.45) is 8.05. The van der Waals surface area contributed by atoms with Crippen LogP contribution in [-0.4, -0.2) is 41.3 Å². The van der Waals surface area contributed by atoms with Gasteiger partial charge in [-0.3, -0.25) is 0 Å². The quantitative estimate of drug-likeness (QED) is 0.243. The van der Waals surface area contributed by atoms with Gasteiger partial charge in [0.1, 0.15) is 29.9 Å². The zero-order valence-corrected chi connectivity index (χ0v) is 21.7. The van der Waals surface area contributed by atoms with Crippen LogP contribution < -0.4 is 14.7 Å². The van der Waals surface area contributed by atoms with E-state index in [1.54, 1.807) is 6.33 Å². The second-order valence-electron chi connectivity index (χ2n) is 11.0. The van der Waals surface area contributed by atoms with Crippen molar-refractivity contribution < 1.29 is 4.42 Å². The number of nitrogens with zero attached hydrogens (tertiary/aromatic N) is 6. The number of hydrogen-bond acceptors (Lipinski definition) is 7. The average molecular weight is 511 g/mol. The van der Waals surface area contributed by atoms with Crippen molar-refractivity contribution in [1.29, 1.82) is 0 Å². The summed E-state index contributed by atoms with van der Waals surface area (Å²) < 4.78 is 6.61. The van der Waals surface area contributed by atoms with Gasteiger partial charge in [0.05, 0.1) is 11.9 Å². The average Bonchev–Trinajstić information content (AvgIpc) is 3.61. The zero-order valence-electron chi connectivity index (χ0n) is 21.7. The SMILES string of the molecule is C=C1c2ccc3c(oc4ccccc43)c2N2C=CN(C)C2C2C1c1ccccc1N1c3ncncc3N(C)C21. The van der Waals surface area contributed by atoms with Gasteiger partial charge in [-0.05, 0) is 29.3 Å². The van der Waals surface area contributed by atoms with Crippen LogP contribution in [0.25, 0.3) is 27.5 Å². The lowest BCUT2D eigenvalue weighted by Gasteiger charge is -2.50. The van der Waals surface area contributed by atoms with Crippen LogP contribution in [0.5, 0.6) is 0 Å². The largest absolute Gasteiger partial charge is 0.454 e. The summed E-state index contributed by atoms with van der Waals surface area (Å²) in [5.41, 5.74) is 8.68. The van der Waals surface area contributed by atoms with Gasteiger partial charge in [0.15, 0.2) is 11.4 Å². The fourth-order valence-corrected chi connectivity index (χ4v) is 7.64. The number of para-hydroxylation sites is 2. The van der Waals surface area contributed by atoms with E-state index in [0.29, 0.717) is 0 Å². The number of rotatable bonds is 0. The van der Waals surface area contributed by atoms with Crippen LogP contribution in [0.15, 0.2) is 96.6 Å². The van der Waals surface area contributed by atoms with Gasteiger partial charge < -0.3 is 24.0 Å². The van der Waals surface area contributed by atoms with Crippen molar-refractivity contribution in [3.05, 3.63) is 103 Å². The number of allylic oxidation sites excluding steroid dienone is 1. The highest BCUT2D eigenvalue weighted by molar-refractivity contribution is 6.11. The lowest BCUT2D eigenvalue weighted by atomic mass is 9.72. The molecule has 7 heteroatoms. The first-order chi connectivity index (χ1) is 19.1. The van der Waals surface area contributed by atoms with E-state index in [9.17, 15) is 0 Å². The molecule has 0 spiro atoms. The molecule has 0 saturated heterocycles. The standard InChI is InChI=1S/C32H26N6O/c1-18-19-12-13-21-20-8-5-7-11-25(20)39-29(21)28(19)37-15-14-35(2)31(37)27-26(18)22-9-4-6-10-23(22)38-30-24(16-33-17-34-30)36(3)32(27)38/h4-17,26-27,31-32H,1H2,2-3H3. The minimum Gasteiger partial charge on any atom is -0.454 e. The van der Waals surface area contributed by atoms with Crippen molar-refractivity contribution in [2.24, 2.45) is 5.92 Å². The Labute approximate surface area is 225 Å². The number of anilines is 4. The molecular weight excluding hydrogens is 484 g/mol. The maximum absolute atomic E-state index is 6.61. The van der Waals surface area contributed by atoms with Crippen LogP contribution in [0.4, 0.5) is 22.9 Å². The third-order valence-corrected chi connectivity index (χ3v) is 9.21. The summed E-state index contributed by atoms with van der Waals surface area (Å²) in [4.78, 5) is 18.7. The summed E-state index contributed by atoms with van der Waals surface area (Å²) in [5.74, 6) is 1.18. The molecule has 9 rings (SSSR count). The molecular formula is C32H26N6O. The summed E-state index contributed by atoms with van der Waals surface area (Å²) in [7, 11) is 4.35. The lowest BCUT2D eigenvalue weighted by molar-refractivity contribution is 0.208. The zero-order chi connectivity index (χ0) is 26.0. The molecule has 4 unspecified atom stereocenters. The van der Waals surface area contributed by atoms with Gasteiger partial charge in [-0.15, -0.1) is 0 Å². The Bertz CT molecular complexity index is 1890. The number of benzene rings is 3. The monoisotopic (exact) mass is 510 g/mol. The Morgan fingerprint density at radius 1 is 0.872 bits per heavy atom. The van der Waals surface area contributed by atoms with Gasteiger partial charge in [0, 0.05) is 60.4 Å². The first kappa shape index (κ1) is 21.2. The summed E-state index contributed by atoms with van der Waals surface area (Å²) in [5, 5.41) is 2.27. The fraction of sp³-hybridized carbons (Fsp3) is 0.188. The van der Waals surface area contributed by atoms with E-state index in [0.717, 1.165) is 50.3 Å². The molecule has 0 aliphatic carbocycles. The molecule has 0 saturated carbocycles. The van der Waals surface area contributed by atoms with Gasteiger partial charge in [0.25, 0.3) is 0 Å².